The van der Waals surface area contributed by atoms with E-state index in [0.29, 0.717) is 17.4 Å². The van der Waals surface area contributed by atoms with Gasteiger partial charge in [-0.25, -0.2) is 9.67 Å². The molecule has 3 aromatic rings. The molecule has 11 heteroatoms. The van der Waals surface area contributed by atoms with Crippen LogP contribution in [0.15, 0.2) is 35.5 Å². The van der Waals surface area contributed by atoms with E-state index in [1.165, 1.54) is 0 Å². The van der Waals surface area contributed by atoms with Crippen molar-refractivity contribution in [3.63, 3.8) is 0 Å². The van der Waals surface area contributed by atoms with E-state index >= 15 is 0 Å². The van der Waals surface area contributed by atoms with Crippen molar-refractivity contribution in [2.45, 2.75) is 37.3 Å². The van der Waals surface area contributed by atoms with Gasteiger partial charge in [-0.15, -0.1) is 29.9 Å². The molecule has 0 amide bonds. The molecular weight excluding hydrogens is 429 g/mol. The van der Waals surface area contributed by atoms with E-state index in [-0.39, 0.29) is 42.4 Å². The van der Waals surface area contributed by atoms with Crippen molar-refractivity contribution in [3.05, 3.63) is 46.9 Å². The van der Waals surface area contributed by atoms with E-state index in [1.807, 2.05) is 17.9 Å². The molecule has 1 saturated heterocycles. The van der Waals surface area contributed by atoms with Crippen LogP contribution < -0.4 is 10.9 Å². The normalized spacial score (nSPS) is 23.2. The summed E-state index contributed by atoms with van der Waals surface area (Å²) in [7, 11) is 1.87. The zero-order chi connectivity index (χ0) is 19.1. The fraction of sp³-hybridized carbons (Fsp3) is 0.474. The average molecular weight is 454 g/mol. The van der Waals surface area contributed by atoms with E-state index in [4.69, 9.17) is 9.72 Å². The third-order valence-electron chi connectivity index (χ3n) is 5.62. The minimum atomic E-state index is -0.191. The van der Waals surface area contributed by atoms with E-state index in [2.05, 4.69) is 20.5 Å². The number of halogens is 2. The molecule has 162 valence electrons. The van der Waals surface area contributed by atoms with Gasteiger partial charge in [0.2, 0.25) is 0 Å². The van der Waals surface area contributed by atoms with E-state index in [1.54, 1.807) is 29.2 Å². The fourth-order valence-corrected chi connectivity index (χ4v) is 4.25. The Morgan fingerprint density at radius 1 is 1.27 bits per heavy atom. The number of ether oxygens (including phenoxy) is 1. The van der Waals surface area contributed by atoms with Crippen LogP contribution in [0, 0.1) is 0 Å². The van der Waals surface area contributed by atoms with Crippen molar-refractivity contribution >= 4 is 24.8 Å². The van der Waals surface area contributed by atoms with Crippen LogP contribution in [0.1, 0.15) is 31.0 Å². The number of nitrogens with zero attached hydrogens (tertiary/aromatic N) is 5. The summed E-state index contributed by atoms with van der Waals surface area (Å²) in [5, 5.41) is 12.5. The minimum absolute atomic E-state index is 0. The Kier molecular flexibility index (Phi) is 6.97. The van der Waals surface area contributed by atoms with Crippen LogP contribution in [0.4, 0.5) is 0 Å². The number of aromatic nitrogens is 6. The fourth-order valence-electron chi connectivity index (χ4n) is 4.25. The van der Waals surface area contributed by atoms with Crippen LogP contribution in [0.3, 0.4) is 0 Å². The molecule has 2 aliphatic rings. The highest BCUT2D eigenvalue weighted by atomic mass is 35.5. The van der Waals surface area contributed by atoms with Crippen molar-refractivity contribution in [1.29, 1.82) is 0 Å². The highest BCUT2D eigenvalue weighted by Crippen LogP contribution is 2.35. The number of morpholine rings is 1. The van der Waals surface area contributed by atoms with Gasteiger partial charge in [0.25, 0.3) is 5.56 Å². The molecule has 30 heavy (non-hydrogen) atoms. The monoisotopic (exact) mass is 453 g/mol. The number of fused-ring (bicyclic) bond motifs is 1. The molecule has 1 saturated carbocycles. The molecule has 2 N–H and O–H groups in total. The summed E-state index contributed by atoms with van der Waals surface area (Å²) in [6.45, 7) is 1.66. The van der Waals surface area contributed by atoms with E-state index < -0.39 is 0 Å². The first-order chi connectivity index (χ1) is 13.7. The maximum absolute atomic E-state index is 12.3. The molecule has 3 atom stereocenters. The van der Waals surface area contributed by atoms with Crippen molar-refractivity contribution in [2.24, 2.45) is 7.05 Å². The molecule has 9 nitrogen and oxygen atoms in total. The molecule has 4 heterocycles. The number of hydrogen-bond acceptors (Lipinski definition) is 6. The SMILES string of the molecule is Cl.Cl.Cn1cc(-n2nc(-c3ccc[nH]c3=O)nc2[C@H]2CC[C@H]3OCCN[C@@H]3C2)cn1. The highest BCUT2D eigenvalue weighted by Gasteiger charge is 2.36. The van der Waals surface area contributed by atoms with Crippen LogP contribution >= 0.6 is 24.8 Å². The van der Waals surface area contributed by atoms with Crippen molar-refractivity contribution < 1.29 is 4.74 Å². The molecule has 0 spiro atoms. The van der Waals surface area contributed by atoms with Crippen molar-refractivity contribution in [2.75, 3.05) is 13.2 Å². The first kappa shape index (κ1) is 22.5. The van der Waals surface area contributed by atoms with Crippen LogP contribution in [-0.2, 0) is 11.8 Å². The largest absolute Gasteiger partial charge is 0.375 e. The third-order valence-corrected chi connectivity index (χ3v) is 5.62. The predicted molar refractivity (Wildman–Crippen MR) is 117 cm³/mol. The summed E-state index contributed by atoms with van der Waals surface area (Å²) in [5.41, 5.74) is 1.13. The maximum atomic E-state index is 12.3. The van der Waals surface area contributed by atoms with E-state index in [9.17, 15) is 4.79 Å². The quantitative estimate of drug-likeness (QED) is 0.626. The molecule has 2 fully saturated rings. The summed E-state index contributed by atoms with van der Waals surface area (Å²) in [6, 6.07) is 3.87. The Morgan fingerprint density at radius 3 is 2.90 bits per heavy atom. The van der Waals surface area contributed by atoms with Gasteiger partial charge < -0.3 is 15.0 Å². The number of aryl methyl sites for hydroxylation is 1. The molecule has 0 radical (unpaired) electrons. The molecule has 5 rings (SSSR count). The summed E-state index contributed by atoms with van der Waals surface area (Å²) < 4.78 is 9.49. The van der Waals surface area contributed by atoms with Crippen molar-refractivity contribution in [1.82, 2.24) is 34.8 Å². The lowest BCUT2D eigenvalue weighted by Crippen LogP contribution is -2.51. The highest BCUT2D eigenvalue weighted by molar-refractivity contribution is 5.85. The second-order valence-electron chi connectivity index (χ2n) is 7.47. The number of pyridine rings is 1. The number of hydrogen-bond donors (Lipinski definition) is 2. The number of H-pyrrole nitrogens is 1. The summed E-state index contributed by atoms with van der Waals surface area (Å²) in [6.07, 6.45) is 8.47. The second kappa shape index (κ2) is 9.30. The molecule has 0 unspecified atom stereocenters. The first-order valence-corrected chi connectivity index (χ1v) is 9.68. The number of nitrogens with one attached hydrogen (secondary N) is 2. The van der Waals surface area contributed by atoms with Gasteiger partial charge in [-0.3, -0.25) is 9.48 Å². The molecule has 0 bridgehead atoms. The Labute approximate surface area is 186 Å². The molecular formula is C19H25Cl2N7O2. The van der Waals surface area contributed by atoms with Gasteiger partial charge in [0.05, 0.1) is 30.7 Å². The molecule has 1 aliphatic carbocycles. The lowest BCUT2D eigenvalue weighted by Gasteiger charge is -2.39. The predicted octanol–water partition coefficient (Wildman–Crippen LogP) is 1.82. The molecule has 1 aliphatic heterocycles. The average Bonchev–Trinajstić information content (AvgIpc) is 3.34. The van der Waals surface area contributed by atoms with Gasteiger partial charge in [0, 0.05) is 31.7 Å². The standard InChI is InChI=1S/C19H23N7O2.2ClH/c1-25-11-13(10-22-25)26-18(12-4-5-16-15(9-12)20-7-8-28-16)23-17(24-26)14-3-2-6-21-19(14)27;;/h2-3,6,10-12,15-16,20H,4-5,7-9H2,1H3,(H,21,27);2*1H/t12-,15+,16+;;/m0../s1. The summed E-state index contributed by atoms with van der Waals surface area (Å²) >= 11 is 0. The van der Waals surface area contributed by atoms with Crippen LogP contribution in [0.5, 0.6) is 0 Å². The molecule has 0 aromatic carbocycles. The number of aromatic amines is 1. The Balaban J connectivity index is 0.00000128. The zero-order valence-electron chi connectivity index (χ0n) is 16.5. The van der Waals surface area contributed by atoms with Crippen LogP contribution in [0.25, 0.3) is 17.1 Å². The number of rotatable bonds is 3. The van der Waals surface area contributed by atoms with E-state index in [0.717, 1.165) is 43.9 Å². The minimum Gasteiger partial charge on any atom is -0.375 e. The Hall–Kier alpha value is -2.20. The Morgan fingerprint density at radius 2 is 2.13 bits per heavy atom. The van der Waals surface area contributed by atoms with Gasteiger partial charge in [-0.1, -0.05) is 0 Å². The van der Waals surface area contributed by atoms with Gasteiger partial charge >= 0.3 is 0 Å². The second-order valence-corrected chi connectivity index (χ2v) is 7.47. The topological polar surface area (TPSA) is 103 Å². The van der Waals surface area contributed by atoms with Gasteiger partial charge in [-0.05, 0) is 31.4 Å². The van der Waals surface area contributed by atoms with Gasteiger partial charge in [0.1, 0.15) is 11.5 Å². The Bertz CT molecular complexity index is 1050. The first-order valence-electron chi connectivity index (χ1n) is 9.68. The summed E-state index contributed by atoms with van der Waals surface area (Å²) in [5.74, 6) is 1.55. The van der Waals surface area contributed by atoms with Crippen molar-refractivity contribution in [3.8, 4) is 17.1 Å². The van der Waals surface area contributed by atoms with Crippen LogP contribution in [-0.4, -0.2) is 54.8 Å². The zero-order valence-corrected chi connectivity index (χ0v) is 18.2. The van der Waals surface area contributed by atoms with Gasteiger partial charge in [-0.2, -0.15) is 5.10 Å². The molecule has 3 aromatic heterocycles. The van der Waals surface area contributed by atoms with Crippen LogP contribution in [0.2, 0.25) is 0 Å². The van der Waals surface area contributed by atoms with Gasteiger partial charge in [0.15, 0.2) is 5.82 Å². The third kappa shape index (κ3) is 4.15. The smallest absolute Gasteiger partial charge is 0.259 e. The summed E-state index contributed by atoms with van der Waals surface area (Å²) in [4.78, 5) is 19.8. The lowest BCUT2D eigenvalue weighted by atomic mass is 9.82. The maximum Gasteiger partial charge on any atom is 0.259 e. The lowest BCUT2D eigenvalue weighted by molar-refractivity contribution is -0.0280.